The van der Waals surface area contributed by atoms with E-state index in [0.29, 0.717) is 0 Å². The predicted molar refractivity (Wildman–Crippen MR) is 87.3 cm³/mol. The van der Waals surface area contributed by atoms with Crippen LogP contribution in [0.1, 0.15) is 48.9 Å². The van der Waals surface area contributed by atoms with Crippen molar-refractivity contribution in [1.82, 2.24) is 5.01 Å². The van der Waals surface area contributed by atoms with E-state index in [9.17, 15) is 23.1 Å². The highest BCUT2D eigenvalue weighted by Gasteiger charge is 2.63. The number of carbonyl (C=O) groups excluding carboxylic acids is 1. The molecule has 25 heavy (non-hydrogen) atoms. The Morgan fingerprint density at radius 3 is 2.48 bits per heavy atom. The summed E-state index contributed by atoms with van der Waals surface area (Å²) in [6.07, 6.45) is -1.43. The van der Waals surface area contributed by atoms with Gasteiger partial charge in [-0.05, 0) is 30.9 Å². The second-order valence-corrected chi connectivity index (χ2v) is 6.92. The molecule has 1 aliphatic carbocycles. The summed E-state index contributed by atoms with van der Waals surface area (Å²) >= 11 is 5.93. The second-order valence-electron chi connectivity index (χ2n) is 6.51. The molecule has 1 N–H and O–H groups in total. The van der Waals surface area contributed by atoms with Crippen molar-refractivity contribution < 1.29 is 23.1 Å². The summed E-state index contributed by atoms with van der Waals surface area (Å²) in [5, 5.41) is 14.4. The van der Waals surface area contributed by atoms with Crippen molar-refractivity contribution in [2.75, 3.05) is 0 Å². The number of carbonyl (C=O) groups is 1. The molecule has 1 aliphatic heterocycles. The maximum Gasteiger partial charge on any atom is 0.438 e. The van der Waals surface area contributed by atoms with Crippen LogP contribution in [0.5, 0.6) is 0 Å². The predicted octanol–water partition coefficient (Wildman–Crippen LogP) is 4.37. The van der Waals surface area contributed by atoms with Gasteiger partial charge in [-0.25, -0.2) is 0 Å². The molecule has 0 bridgehead atoms. The van der Waals surface area contributed by atoms with Gasteiger partial charge in [-0.2, -0.15) is 23.3 Å². The SMILES string of the molecule is O=C(c1ccccc1Cl)N1N=C(C2CCCCC2)C[C@@]1(O)C(F)(F)F. The molecule has 0 unspecified atom stereocenters. The molecular weight excluding hydrogens is 357 g/mol. The molecule has 1 fully saturated rings. The van der Waals surface area contributed by atoms with Crippen molar-refractivity contribution in [3.8, 4) is 0 Å². The van der Waals surface area contributed by atoms with E-state index in [-0.39, 0.29) is 27.2 Å². The van der Waals surface area contributed by atoms with Crippen molar-refractivity contribution in [2.24, 2.45) is 11.0 Å². The molecule has 1 amide bonds. The van der Waals surface area contributed by atoms with Gasteiger partial charge in [-0.1, -0.05) is 43.0 Å². The average Bonchev–Trinajstić information content (AvgIpc) is 2.94. The van der Waals surface area contributed by atoms with E-state index in [1.807, 2.05) is 0 Å². The molecule has 8 heteroatoms. The fourth-order valence-corrected chi connectivity index (χ4v) is 3.63. The van der Waals surface area contributed by atoms with Gasteiger partial charge >= 0.3 is 6.18 Å². The number of hydrogen-bond donors (Lipinski definition) is 1. The standard InChI is InChI=1S/C17H18ClF3N2O2/c18-13-9-5-4-8-12(13)15(24)23-16(25,17(19,20)21)10-14(22-23)11-6-2-1-3-7-11/h4-5,8-9,11,25H,1-3,6-7,10H2/t16-/m1/s1. The number of halogens is 4. The van der Waals surface area contributed by atoms with Gasteiger partial charge in [0.15, 0.2) is 0 Å². The minimum Gasteiger partial charge on any atom is -0.362 e. The van der Waals surface area contributed by atoms with Crippen LogP contribution in [0.3, 0.4) is 0 Å². The lowest BCUT2D eigenvalue weighted by atomic mass is 9.83. The Bertz CT molecular complexity index is 701. The molecule has 1 atom stereocenters. The Labute approximate surface area is 148 Å². The van der Waals surface area contributed by atoms with Crippen LogP contribution in [-0.4, -0.2) is 33.6 Å². The number of hydrazone groups is 1. The fraction of sp³-hybridized carbons (Fsp3) is 0.529. The summed E-state index contributed by atoms with van der Waals surface area (Å²) in [6.45, 7) is 0. The van der Waals surface area contributed by atoms with E-state index >= 15 is 0 Å². The van der Waals surface area contributed by atoms with Gasteiger partial charge in [0.1, 0.15) is 0 Å². The number of nitrogens with zero attached hydrogens (tertiary/aromatic N) is 2. The molecular formula is C17H18ClF3N2O2. The largest absolute Gasteiger partial charge is 0.438 e. The molecule has 1 aromatic rings. The molecule has 0 radical (unpaired) electrons. The summed E-state index contributed by atoms with van der Waals surface area (Å²) in [5.41, 5.74) is -3.23. The Hall–Kier alpha value is -1.60. The highest BCUT2D eigenvalue weighted by atomic mass is 35.5. The van der Waals surface area contributed by atoms with E-state index in [2.05, 4.69) is 5.10 Å². The number of amides is 1. The van der Waals surface area contributed by atoms with Gasteiger partial charge < -0.3 is 5.11 Å². The number of rotatable bonds is 2. The lowest BCUT2D eigenvalue weighted by Crippen LogP contribution is -2.56. The first-order chi connectivity index (χ1) is 11.7. The number of aliphatic hydroxyl groups is 1. The number of hydrogen-bond acceptors (Lipinski definition) is 3. The molecule has 2 aliphatic rings. The van der Waals surface area contributed by atoms with Gasteiger partial charge in [-0.3, -0.25) is 4.79 Å². The molecule has 1 aromatic carbocycles. The Balaban J connectivity index is 1.98. The van der Waals surface area contributed by atoms with Crippen molar-refractivity contribution >= 4 is 23.2 Å². The zero-order chi connectivity index (χ0) is 18.2. The van der Waals surface area contributed by atoms with Gasteiger partial charge in [0, 0.05) is 12.1 Å². The fourth-order valence-electron chi connectivity index (χ4n) is 3.42. The maximum atomic E-state index is 13.6. The molecule has 0 aromatic heterocycles. The van der Waals surface area contributed by atoms with Crippen molar-refractivity contribution in [3.63, 3.8) is 0 Å². The minimum absolute atomic E-state index is 0.0124. The van der Waals surface area contributed by atoms with Crippen LogP contribution in [-0.2, 0) is 0 Å². The van der Waals surface area contributed by atoms with E-state index < -0.39 is 24.2 Å². The van der Waals surface area contributed by atoms with Crippen LogP contribution in [0.4, 0.5) is 13.2 Å². The van der Waals surface area contributed by atoms with Crippen molar-refractivity contribution in [3.05, 3.63) is 34.9 Å². The normalized spacial score (nSPS) is 25.2. The quantitative estimate of drug-likeness (QED) is 0.835. The lowest BCUT2D eigenvalue weighted by Gasteiger charge is -2.33. The topological polar surface area (TPSA) is 52.9 Å². The maximum absolute atomic E-state index is 13.6. The first-order valence-electron chi connectivity index (χ1n) is 8.19. The third-order valence-corrected chi connectivity index (χ3v) is 5.16. The molecule has 3 rings (SSSR count). The Kier molecular flexibility index (Phi) is 4.81. The smallest absolute Gasteiger partial charge is 0.362 e. The summed E-state index contributed by atoms with van der Waals surface area (Å²) in [7, 11) is 0. The van der Waals surface area contributed by atoms with Crippen molar-refractivity contribution in [2.45, 2.75) is 50.4 Å². The van der Waals surface area contributed by atoms with Crippen LogP contribution in [0, 0.1) is 5.92 Å². The first-order valence-corrected chi connectivity index (χ1v) is 8.57. The molecule has 1 heterocycles. The highest BCUT2D eigenvalue weighted by molar-refractivity contribution is 6.33. The molecule has 4 nitrogen and oxygen atoms in total. The van der Waals surface area contributed by atoms with Crippen LogP contribution in [0.15, 0.2) is 29.4 Å². The minimum atomic E-state index is -5.02. The third kappa shape index (κ3) is 3.27. The summed E-state index contributed by atoms with van der Waals surface area (Å²) in [5.74, 6) is -1.19. The molecule has 1 saturated carbocycles. The first kappa shape index (κ1) is 18.2. The van der Waals surface area contributed by atoms with Crippen LogP contribution < -0.4 is 0 Å². The van der Waals surface area contributed by atoms with Gasteiger partial charge in [-0.15, -0.1) is 0 Å². The van der Waals surface area contributed by atoms with E-state index in [0.717, 1.165) is 32.1 Å². The highest BCUT2D eigenvalue weighted by Crippen LogP contribution is 2.44. The van der Waals surface area contributed by atoms with Gasteiger partial charge in [0.2, 0.25) is 0 Å². The monoisotopic (exact) mass is 374 g/mol. The van der Waals surface area contributed by atoms with Crippen LogP contribution in [0.2, 0.25) is 5.02 Å². The summed E-state index contributed by atoms with van der Waals surface area (Å²) < 4.78 is 40.7. The van der Waals surface area contributed by atoms with Gasteiger partial charge in [0.25, 0.3) is 11.6 Å². The summed E-state index contributed by atoms with van der Waals surface area (Å²) in [4.78, 5) is 12.6. The molecule has 0 saturated heterocycles. The Morgan fingerprint density at radius 1 is 1.24 bits per heavy atom. The third-order valence-electron chi connectivity index (χ3n) is 4.83. The van der Waals surface area contributed by atoms with Crippen molar-refractivity contribution in [1.29, 1.82) is 0 Å². The zero-order valence-electron chi connectivity index (χ0n) is 13.4. The van der Waals surface area contributed by atoms with Crippen LogP contribution >= 0.6 is 11.6 Å². The van der Waals surface area contributed by atoms with E-state index in [4.69, 9.17) is 11.6 Å². The molecule has 136 valence electrons. The molecule has 0 spiro atoms. The Morgan fingerprint density at radius 2 is 1.88 bits per heavy atom. The average molecular weight is 375 g/mol. The van der Waals surface area contributed by atoms with E-state index in [1.54, 1.807) is 6.07 Å². The number of benzene rings is 1. The second kappa shape index (κ2) is 6.61. The van der Waals surface area contributed by atoms with Crippen LogP contribution in [0.25, 0.3) is 0 Å². The lowest BCUT2D eigenvalue weighted by molar-refractivity contribution is -0.297. The zero-order valence-corrected chi connectivity index (χ0v) is 14.1. The van der Waals surface area contributed by atoms with E-state index in [1.165, 1.54) is 18.2 Å². The summed E-state index contributed by atoms with van der Waals surface area (Å²) in [6, 6.07) is 5.78. The number of alkyl halides is 3. The van der Waals surface area contributed by atoms with Gasteiger partial charge in [0.05, 0.1) is 10.6 Å².